The number of likely N-dealkylation sites (N-methyl/N-ethyl adjacent to an activating group) is 1. The van der Waals surface area contributed by atoms with Crippen LogP contribution in [0, 0.1) is 0 Å². The zero-order valence-corrected chi connectivity index (χ0v) is 18.5. The summed E-state index contributed by atoms with van der Waals surface area (Å²) in [4.78, 5) is 23.4. The Balaban J connectivity index is 1.57. The van der Waals surface area contributed by atoms with E-state index in [1.807, 2.05) is 11.3 Å². The Labute approximate surface area is 180 Å². The van der Waals surface area contributed by atoms with E-state index in [4.69, 9.17) is 14.7 Å². The number of nitrogens with one attached hydrogen (secondary N) is 1. The zero-order chi connectivity index (χ0) is 20.6. The molecule has 0 spiro atoms. The number of hydrogen-bond donors (Lipinski definition) is 1. The lowest BCUT2D eigenvalue weighted by atomic mass is 9.88. The summed E-state index contributed by atoms with van der Waals surface area (Å²) in [6.07, 6.45) is 11.9. The summed E-state index contributed by atoms with van der Waals surface area (Å²) in [5.41, 5.74) is 2.22. The van der Waals surface area contributed by atoms with Gasteiger partial charge in [0.1, 0.15) is 16.3 Å². The standard InChI is InChI=1S/C22H28N6OS/c1-28(2)22(7-11-29-12-8-22)14-25-20-18-15-5-3-4-6-17(15)30-21(18)27-19(26-20)16-13-23-9-10-24-16/h9-10,13H,3-8,11-12,14H2,1-2H3,(H,25,26,27). The summed E-state index contributed by atoms with van der Waals surface area (Å²) >= 11 is 1.82. The molecule has 0 radical (unpaired) electrons. The number of nitrogens with zero attached hydrogens (tertiary/aromatic N) is 5. The summed E-state index contributed by atoms with van der Waals surface area (Å²) in [5.74, 6) is 1.58. The quantitative estimate of drug-likeness (QED) is 0.671. The molecule has 5 rings (SSSR count). The van der Waals surface area contributed by atoms with Crippen LogP contribution in [0.2, 0.25) is 0 Å². The first-order chi connectivity index (χ1) is 14.7. The molecule has 0 unspecified atom stereocenters. The van der Waals surface area contributed by atoms with E-state index in [2.05, 4.69) is 34.3 Å². The molecule has 1 N–H and O–H groups in total. The molecule has 8 heteroatoms. The fourth-order valence-electron chi connectivity index (χ4n) is 4.60. The summed E-state index contributed by atoms with van der Waals surface area (Å²) in [5, 5.41) is 4.95. The van der Waals surface area contributed by atoms with Crippen molar-refractivity contribution < 1.29 is 4.74 Å². The molecule has 1 fully saturated rings. The second kappa shape index (κ2) is 8.17. The molecule has 30 heavy (non-hydrogen) atoms. The van der Waals surface area contributed by atoms with E-state index >= 15 is 0 Å². The molecule has 2 aliphatic rings. The van der Waals surface area contributed by atoms with E-state index < -0.39 is 0 Å². The first-order valence-corrected chi connectivity index (χ1v) is 11.6. The lowest BCUT2D eigenvalue weighted by molar-refractivity contribution is -0.000650. The maximum absolute atomic E-state index is 5.64. The van der Waals surface area contributed by atoms with E-state index in [1.165, 1.54) is 28.7 Å². The van der Waals surface area contributed by atoms with Gasteiger partial charge in [-0.05, 0) is 58.2 Å². The number of hydrogen-bond acceptors (Lipinski definition) is 8. The molecule has 3 aromatic heterocycles. The number of rotatable bonds is 5. The highest BCUT2D eigenvalue weighted by atomic mass is 32.1. The van der Waals surface area contributed by atoms with Gasteiger partial charge in [0.05, 0.1) is 11.6 Å². The maximum Gasteiger partial charge on any atom is 0.183 e. The topological polar surface area (TPSA) is 76.1 Å². The van der Waals surface area contributed by atoms with Crippen molar-refractivity contribution in [3.05, 3.63) is 29.0 Å². The summed E-state index contributed by atoms with van der Waals surface area (Å²) in [7, 11) is 4.33. The van der Waals surface area contributed by atoms with Gasteiger partial charge in [-0.15, -0.1) is 11.3 Å². The molecule has 0 aromatic carbocycles. The van der Waals surface area contributed by atoms with Gasteiger partial charge in [0.15, 0.2) is 5.82 Å². The van der Waals surface area contributed by atoms with Gasteiger partial charge in [0.25, 0.3) is 0 Å². The van der Waals surface area contributed by atoms with Crippen LogP contribution in [0.15, 0.2) is 18.6 Å². The number of thiophene rings is 1. The molecule has 1 aliphatic carbocycles. The number of aryl methyl sites for hydroxylation is 2. The van der Waals surface area contributed by atoms with E-state index in [1.54, 1.807) is 18.6 Å². The van der Waals surface area contributed by atoms with Crippen LogP contribution in [0.4, 0.5) is 5.82 Å². The van der Waals surface area contributed by atoms with E-state index in [0.717, 1.165) is 56.1 Å². The number of anilines is 1. The number of fused-ring (bicyclic) bond motifs is 3. The summed E-state index contributed by atoms with van der Waals surface area (Å²) in [6, 6.07) is 0. The first-order valence-electron chi connectivity index (χ1n) is 10.7. The Kier molecular flexibility index (Phi) is 5.39. The van der Waals surface area contributed by atoms with Gasteiger partial charge >= 0.3 is 0 Å². The minimum atomic E-state index is 0.0678. The van der Waals surface area contributed by atoms with E-state index in [-0.39, 0.29) is 5.54 Å². The van der Waals surface area contributed by atoms with Crippen LogP contribution in [0.25, 0.3) is 21.7 Å². The molecular weight excluding hydrogens is 396 g/mol. The summed E-state index contributed by atoms with van der Waals surface area (Å²) in [6.45, 7) is 2.44. The molecule has 3 aromatic rings. The Morgan fingerprint density at radius 3 is 2.73 bits per heavy atom. The Bertz CT molecular complexity index is 1030. The SMILES string of the molecule is CN(C)C1(CNc2nc(-c3cnccn3)nc3sc4c(c23)CCCC4)CCOCC1. The van der Waals surface area contributed by atoms with Crippen LogP contribution < -0.4 is 5.32 Å². The fourth-order valence-corrected chi connectivity index (χ4v) is 5.86. The molecule has 4 heterocycles. The Hall–Kier alpha value is -2.16. The van der Waals surface area contributed by atoms with Crippen molar-refractivity contribution in [2.45, 2.75) is 44.1 Å². The van der Waals surface area contributed by atoms with E-state index in [9.17, 15) is 0 Å². The fraction of sp³-hybridized carbons (Fsp3) is 0.545. The van der Waals surface area contributed by atoms with Crippen molar-refractivity contribution in [3.8, 4) is 11.5 Å². The Morgan fingerprint density at radius 1 is 1.13 bits per heavy atom. The minimum absolute atomic E-state index is 0.0678. The van der Waals surface area contributed by atoms with Crippen LogP contribution in [0.5, 0.6) is 0 Å². The third-order valence-electron chi connectivity index (χ3n) is 6.56. The monoisotopic (exact) mass is 424 g/mol. The molecule has 1 aliphatic heterocycles. The van der Waals surface area contributed by atoms with Gasteiger partial charge in [0, 0.05) is 42.6 Å². The molecule has 0 saturated carbocycles. The predicted octanol–water partition coefficient (Wildman–Crippen LogP) is 3.55. The molecule has 7 nitrogen and oxygen atoms in total. The van der Waals surface area contributed by atoms with Gasteiger partial charge in [-0.25, -0.2) is 15.0 Å². The van der Waals surface area contributed by atoms with Crippen LogP contribution in [-0.4, -0.2) is 64.2 Å². The van der Waals surface area contributed by atoms with Crippen molar-refractivity contribution in [2.75, 3.05) is 39.2 Å². The Morgan fingerprint density at radius 2 is 1.97 bits per heavy atom. The third-order valence-corrected chi connectivity index (χ3v) is 7.75. The van der Waals surface area contributed by atoms with Crippen LogP contribution in [0.3, 0.4) is 0 Å². The van der Waals surface area contributed by atoms with Gasteiger partial charge in [-0.3, -0.25) is 4.98 Å². The highest BCUT2D eigenvalue weighted by Gasteiger charge is 2.35. The largest absolute Gasteiger partial charge is 0.381 e. The van der Waals surface area contributed by atoms with Crippen LogP contribution >= 0.6 is 11.3 Å². The molecular formula is C22H28N6OS. The summed E-state index contributed by atoms with van der Waals surface area (Å²) < 4.78 is 5.64. The smallest absolute Gasteiger partial charge is 0.183 e. The molecule has 0 bridgehead atoms. The average molecular weight is 425 g/mol. The molecule has 1 saturated heterocycles. The average Bonchev–Trinajstić information content (AvgIpc) is 3.17. The second-order valence-electron chi connectivity index (χ2n) is 8.46. The predicted molar refractivity (Wildman–Crippen MR) is 120 cm³/mol. The normalized spacial score (nSPS) is 18.5. The maximum atomic E-state index is 5.64. The first kappa shape index (κ1) is 19.8. The van der Waals surface area contributed by atoms with Crippen molar-refractivity contribution in [3.63, 3.8) is 0 Å². The van der Waals surface area contributed by atoms with Crippen LogP contribution in [0.1, 0.15) is 36.1 Å². The van der Waals surface area contributed by atoms with Gasteiger partial charge < -0.3 is 15.0 Å². The van der Waals surface area contributed by atoms with Gasteiger partial charge in [-0.2, -0.15) is 0 Å². The third kappa shape index (κ3) is 3.57. The van der Waals surface area contributed by atoms with Gasteiger partial charge in [0.2, 0.25) is 0 Å². The minimum Gasteiger partial charge on any atom is -0.381 e. The lowest BCUT2D eigenvalue weighted by Gasteiger charge is -2.43. The van der Waals surface area contributed by atoms with Crippen molar-refractivity contribution in [1.82, 2.24) is 24.8 Å². The molecule has 0 amide bonds. The zero-order valence-electron chi connectivity index (χ0n) is 17.6. The lowest BCUT2D eigenvalue weighted by Crippen LogP contribution is -2.53. The molecule has 158 valence electrons. The van der Waals surface area contributed by atoms with Crippen LogP contribution in [-0.2, 0) is 17.6 Å². The second-order valence-corrected chi connectivity index (χ2v) is 9.55. The van der Waals surface area contributed by atoms with Gasteiger partial charge in [-0.1, -0.05) is 0 Å². The van der Waals surface area contributed by atoms with Crippen molar-refractivity contribution in [1.29, 1.82) is 0 Å². The van der Waals surface area contributed by atoms with Crippen molar-refractivity contribution in [2.24, 2.45) is 0 Å². The van der Waals surface area contributed by atoms with E-state index in [0.29, 0.717) is 11.5 Å². The number of ether oxygens (including phenoxy) is 1. The molecule has 0 atom stereocenters. The highest BCUT2D eigenvalue weighted by Crippen LogP contribution is 2.40. The number of aromatic nitrogens is 4. The van der Waals surface area contributed by atoms with Crippen molar-refractivity contribution >= 4 is 27.4 Å². The highest BCUT2D eigenvalue weighted by molar-refractivity contribution is 7.19.